The number of carboxylic acids is 1. The van der Waals surface area contributed by atoms with Gasteiger partial charge in [-0.2, -0.15) is 0 Å². The number of carboxylic acid groups (broad SMARTS) is 1. The van der Waals surface area contributed by atoms with E-state index in [4.69, 9.17) is 19.3 Å². The average molecular weight is 499 g/mol. The highest BCUT2D eigenvalue weighted by atomic mass is 16.5. The van der Waals surface area contributed by atoms with Crippen LogP contribution < -0.4 is 9.47 Å². The summed E-state index contributed by atoms with van der Waals surface area (Å²) in [6.45, 7) is 8.15. The fourth-order valence-electron chi connectivity index (χ4n) is 4.85. The van der Waals surface area contributed by atoms with E-state index >= 15 is 0 Å². The third-order valence-electron chi connectivity index (χ3n) is 6.58. The normalized spacial score (nSPS) is 12.5. The van der Waals surface area contributed by atoms with Crippen LogP contribution in [0, 0.1) is 18.8 Å². The van der Waals surface area contributed by atoms with Gasteiger partial charge in [-0.15, -0.1) is 5.92 Å². The summed E-state index contributed by atoms with van der Waals surface area (Å²) >= 11 is 0. The summed E-state index contributed by atoms with van der Waals surface area (Å²) in [6.07, 6.45) is 1.99. The number of hydrogen-bond donors (Lipinski definition) is 1. The standard InChI is InChI=1S/C32H34O5/c1-4-6-26(20-31(33)34)24-11-13-28(14-12-24)37-21-23-7-8-25-9-10-27-19-29(36-16-15-35-5-2)17-22(3)32(27)30(25)18-23/h7-8,11-14,17-19,26H,5,9-10,15-16,20-21H2,1-3H3,(H,33,34)/t26-/m0/s1. The largest absolute Gasteiger partial charge is 0.491 e. The van der Waals surface area contributed by atoms with Crippen molar-refractivity contribution in [3.63, 3.8) is 0 Å². The summed E-state index contributed by atoms with van der Waals surface area (Å²) in [6, 6.07) is 18.4. The molecule has 5 heteroatoms. The first-order chi connectivity index (χ1) is 18.0. The van der Waals surface area contributed by atoms with Crippen LogP contribution in [0.2, 0.25) is 0 Å². The molecule has 0 bridgehead atoms. The van der Waals surface area contributed by atoms with E-state index in [1.165, 1.54) is 27.8 Å². The molecule has 0 saturated heterocycles. The monoisotopic (exact) mass is 498 g/mol. The minimum atomic E-state index is -0.859. The van der Waals surface area contributed by atoms with E-state index in [0.717, 1.165) is 35.5 Å². The predicted molar refractivity (Wildman–Crippen MR) is 145 cm³/mol. The van der Waals surface area contributed by atoms with Crippen molar-refractivity contribution in [1.82, 2.24) is 0 Å². The fourth-order valence-corrected chi connectivity index (χ4v) is 4.85. The quantitative estimate of drug-likeness (QED) is 0.247. The predicted octanol–water partition coefficient (Wildman–Crippen LogP) is 6.34. The van der Waals surface area contributed by atoms with Crippen molar-refractivity contribution in [1.29, 1.82) is 0 Å². The van der Waals surface area contributed by atoms with Crippen LogP contribution >= 0.6 is 0 Å². The molecule has 1 aliphatic carbocycles. The Balaban J connectivity index is 1.46. The third kappa shape index (κ3) is 6.72. The first-order valence-corrected chi connectivity index (χ1v) is 12.8. The van der Waals surface area contributed by atoms with Crippen LogP contribution in [-0.4, -0.2) is 30.9 Å². The Morgan fingerprint density at radius 3 is 2.49 bits per heavy atom. The van der Waals surface area contributed by atoms with E-state index in [9.17, 15) is 4.79 Å². The Bertz CT molecular complexity index is 1300. The maximum absolute atomic E-state index is 11.2. The Kier molecular flexibility index (Phi) is 8.87. The van der Waals surface area contributed by atoms with Crippen molar-refractivity contribution >= 4 is 5.97 Å². The van der Waals surface area contributed by atoms with Gasteiger partial charge in [0.15, 0.2) is 0 Å². The molecule has 1 atom stereocenters. The Morgan fingerprint density at radius 1 is 0.973 bits per heavy atom. The highest BCUT2D eigenvalue weighted by Gasteiger charge is 2.20. The second kappa shape index (κ2) is 12.5. The van der Waals surface area contributed by atoms with Gasteiger partial charge in [0, 0.05) is 6.61 Å². The van der Waals surface area contributed by atoms with Crippen LogP contribution in [0.1, 0.15) is 54.0 Å². The summed E-state index contributed by atoms with van der Waals surface area (Å²) in [5.41, 5.74) is 8.44. The number of carbonyl (C=O) groups is 1. The topological polar surface area (TPSA) is 65.0 Å². The zero-order valence-electron chi connectivity index (χ0n) is 21.8. The first-order valence-electron chi connectivity index (χ1n) is 12.8. The van der Waals surface area contributed by atoms with Crippen LogP contribution in [0.15, 0.2) is 54.6 Å². The molecule has 37 heavy (non-hydrogen) atoms. The smallest absolute Gasteiger partial charge is 0.304 e. The molecule has 0 spiro atoms. The number of aliphatic carboxylic acids is 1. The number of hydrogen-bond acceptors (Lipinski definition) is 4. The van der Waals surface area contributed by atoms with Crippen molar-refractivity contribution < 1.29 is 24.1 Å². The van der Waals surface area contributed by atoms with Gasteiger partial charge in [-0.25, -0.2) is 0 Å². The summed E-state index contributed by atoms with van der Waals surface area (Å²) in [4.78, 5) is 11.2. The minimum absolute atomic E-state index is 0.0159. The van der Waals surface area contributed by atoms with E-state index in [-0.39, 0.29) is 12.3 Å². The van der Waals surface area contributed by atoms with E-state index in [0.29, 0.717) is 26.4 Å². The lowest BCUT2D eigenvalue weighted by Crippen LogP contribution is -2.10. The number of rotatable bonds is 11. The second-order valence-corrected chi connectivity index (χ2v) is 9.21. The molecule has 0 saturated carbocycles. The summed E-state index contributed by atoms with van der Waals surface area (Å²) < 4.78 is 17.4. The van der Waals surface area contributed by atoms with Crippen molar-refractivity contribution in [2.75, 3.05) is 19.8 Å². The lowest BCUT2D eigenvalue weighted by Gasteiger charge is -2.24. The maximum atomic E-state index is 11.2. The molecule has 0 heterocycles. The van der Waals surface area contributed by atoms with Gasteiger partial charge in [-0.3, -0.25) is 4.79 Å². The van der Waals surface area contributed by atoms with Crippen LogP contribution in [0.25, 0.3) is 11.1 Å². The second-order valence-electron chi connectivity index (χ2n) is 9.21. The van der Waals surface area contributed by atoms with Crippen LogP contribution in [0.3, 0.4) is 0 Å². The molecule has 3 aromatic rings. The molecular weight excluding hydrogens is 464 g/mol. The minimum Gasteiger partial charge on any atom is -0.491 e. The number of ether oxygens (including phenoxy) is 3. The Morgan fingerprint density at radius 2 is 1.76 bits per heavy atom. The molecule has 4 rings (SSSR count). The van der Waals surface area contributed by atoms with Crippen LogP contribution in [-0.2, 0) is 29.0 Å². The SMILES string of the molecule is CC#C[C@@H](CC(=O)O)c1ccc(OCc2ccc3c(c2)-c2c(C)cc(OCCOCC)cc2CC3)cc1. The van der Waals surface area contributed by atoms with Gasteiger partial charge >= 0.3 is 5.97 Å². The Labute approximate surface area is 219 Å². The van der Waals surface area contributed by atoms with Gasteiger partial charge in [-0.1, -0.05) is 30.2 Å². The van der Waals surface area contributed by atoms with Crippen molar-refractivity contribution in [3.05, 3.63) is 82.4 Å². The number of benzene rings is 3. The molecule has 192 valence electrons. The molecule has 0 unspecified atom stereocenters. The molecule has 0 aliphatic heterocycles. The van der Waals surface area contributed by atoms with E-state index in [1.807, 2.05) is 31.2 Å². The molecule has 1 N–H and O–H groups in total. The van der Waals surface area contributed by atoms with Gasteiger partial charge in [0.1, 0.15) is 24.7 Å². The number of aryl methyl sites for hydroxylation is 3. The van der Waals surface area contributed by atoms with Gasteiger partial charge in [0.05, 0.1) is 18.9 Å². The molecule has 0 amide bonds. The lowest BCUT2D eigenvalue weighted by molar-refractivity contribution is -0.137. The van der Waals surface area contributed by atoms with Crippen LogP contribution in [0.4, 0.5) is 0 Å². The van der Waals surface area contributed by atoms with Crippen molar-refractivity contribution in [2.24, 2.45) is 0 Å². The lowest BCUT2D eigenvalue weighted by atomic mass is 9.82. The molecule has 3 aromatic carbocycles. The van der Waals surface area contributed by atoms with Gasteiger partial charge in [-0.05, 0) is 103 Å². The molecular formula is C32H34O5. The van der Waals surface area contributed by atoms with Crippen LogP contribution in [0.5, 0.6) is 11.5 Å². The zero-order chi connectivity index (χ0) is 26.2. The van der Waals surface area contributed by atoms with Gasteiger partial charge in [0.25, 0.3) is 0 Å². The van der Waals surface area contributed by atoms with Gasteiger partial charge in [0.2, 0.25) is 0 Å². The van der Waals surface area contributed by atoms with E-state index < -0.39 is 5.97 Å². The zero-order valence-corrected chi connectivity index (χ0v) is 21.8. The first kappa shape index (κ1) is 26.3. The average Bonchev–Trinajstić information content (AvgIpc) is 2.89. The molecule has 5 nitrogen and oxygen atoms in total. The summed E-state index contributed by atoms with van der Waals surface area (Å²) in [5.74, 6) is 6.27. The molecule has 0 aromatic heterocycles. The Hall–Kier alpha value is -3.75. The third-order valence-corrected chi connectivity index (χ3v) is 6.58. The fraction of sp³-hybridized carbons (Fsp3) is 0.344. The van der Waals surface area contributed by atoms with Gasteiger partial charge < -0.3 is 19.3 Å². The summed E-state index contributed by atoms with van der Waals surface area (Å²) in [7, 11) is 0. The molecule has 1 aliphatic rings. The highest BCUT2D eigenvalue weighted by Crippen LogP contribution is 2.39. The van der Waals surface area contributed by atoms with E-state index in [2.05, 4.69) is 49.1 Å². The molecule has 0 radical (unpaired) electrons. The van der Waals surface area contributed by atoms with Crippen molar-refractivity contribution in [3.8, 4) is 34.5 Å². The number of fused-ring (bicyclic) bond motifs is 3. The van der Waals surface area contributed by atoms with E-state index in [1.54, 1.807) is 6.92 Å². The highest BCUT2D eigenvalue weighted by molar-refractivity contribution is 5.77. The van der Waals surface area contributed by atoms with Crippen molar-refractivity contribution in [2.45, 2.75) is 52.6 Å². The summed E-state index contributed by atoms with van der Waals surface area (Å²) in [5, 5.41) is 9.16. The molecule has 0 fully saturated rings. The maximum Gasteiger partial charge on any atom is 0.304 e.